The van der Waals surface area contributed by atoms with Crippen LogP contribution in [-0.4, -0.2) is 28.8 Å². The summed E-state index contributed by atoms with van der Waals surface area (Å²) in [5, 5.41) is 3.78. The zero-order valence-electron chi connectivity index (χ0n) is 8.45. The van der Waals surface area contributed by atoms with E-state index in [1.807, 2.05) is 0 Å². The number of nitrogens with two attached hydrogens (primary N) is 2. The number of rotatable bonds is 6. The Labute approximate surface area is 96.8 Å². The van der Waals surface area contributed by atoms with Crippen molar-refractivity contribution < 1.29 is 4.79 Å². The fraction of sp³-hybridized carbons (Fsp3) is 0.500. The maximum absolute atomic E-state index is 11.1. The Kier molecular flexibility index (Phi) is 4.70. The van der Waals surface area contributed by atoms with Gasteiger partial charge in [-0.05, 0) is 30.0 Å². The summed E-state index contributed by atoms with van der Waals surface area (Å²) >= 11 is 2.95. The second kappa shape index (κ2) is 5.82. The van der Waals surface area contributed by atoms with Crippen molar-refractivity contribution in [3.05, 3.63) is 5.56 Å². The lowest BCUT2D eigenvalue weighted by Gasteiger charge is -2.03. The van der Waals surface area contributed by atoms with Crippen molar-refractivity contribution in [2.45, 2.75) is 6.42 Å². The first-order valence-electron chi connectivity index (χ1n) is 4.44. The van der Waals surface area contributed by atoms with Crippen LogP contribution in [0.15, 0.2) is 0 Å². The molecule has 15 heavy (non-hydrogen) atoms. The van der Waals surface area contributed by atoms with E-state index >= 15 is 0 Å². The zero-order valence-corrected chi connectivity index (χ0v) is 10.1. The third-order valence-electron chi connectivity index (χ3n) is 1.78. The number of amides is 1. The van der Waals surface area contributed by atoms with Crippen molar-refractivity contribution in [1.29, 1.82) is 0 Å². The number of thioether (sulfide) groups is 1. The predicted molar refractivity (Wildman–Crippen MR) is 66.5 cm³/mol. The summed E-state index contributed by atoms with van der Waals surface area (Å²) < 4.78 is 3.89. The van der Waals surface area contributed by atoms with Crippen molar-refractivity contribution in [2.75, 3.05) is 29.6 Å². The highest BCUT2D eigenvalue weighted by Gasteiger charge is 2.15. The Balaban J connectivity index is 2.57. The highest BCUT2D eigenvalue weighted by Crippen LogP contribution is 2.25. The second-order valence-corrected chi connectivity index (χ2v) is 4.67. The quantitative estimate of drug-likeness (QED) is 0.651. The van der Waals surface area contributed by atoms with E-state index in [-0.39, 0.29) is 5.82 Å². The normalized spacial score (nSPS) is 10.2. The molecule has 0 saturated heterocycles. The number of nitrogens with zero attached hydrogens (tertiary/aromatic N) is 1. The molecule has 0 aliphatic rings. The molecule has 0 bridgehead atoms. The van der Waals surface area contributed by atoms with Crippen molar-refractivity contribution >= 4 is 40.0 Å². The zero-order chi connectivity index (χ0) is 11.3. The van der Waals surface area contributed by atoms with Crippen molar-refractivity contribution in [2.24, 2.45) is 5.73 Å². The SMILES string of the molecule is CSCCCNc1snc(N)c1C(N)=O. The van der Waals surface area contributed by atoms with E-state index in [0.717, 1.165) is 18.7 Å². The largest absolute Gasteiger partial charge is 0.382 e. The van der Waals surface area contributed by atoms with Crippen LogP contribution in [0.25, 0.3) is 0 Å². The standard InChI is InChI=1S/C8H14N4OS2/c1-14-4-2-3-11-8-5(7(10)13)6(9)12-15-8/h11H,2-4H2,1H3,(H2,9,12)(H2,10,13). The molecule has 1 heterocycles. The summed E-state index contributed by atoms with van der Waals surface area (Å²) in [5.41, 5.74) is 11.0. The third-order valence-corrected chi connectivity index (χ3v) is 3.29. The molecule has 7 heteroatoms. The van der Waals surface area contributed by atoms with E-state index in [1.165, 1.54) is 11.5 Å². The monoisotopic (exact) mass is 246 g/mol. The van der Waals surface area contributed by atoms with E-state index in [0.29, 0.717) is 10.6 Å². The molecule has 0 aliphatic carbocycles. The lowest BCUT2D eigenvalue weighted by atomic mass is 10.3. The molecule has 84 valence electrons. The smallest absolute Gasteiger partial charge is 0.255 e. The van der Waals surface area contributed by atoms with E-state index in [2.05, 4.69) is 15.9 Å². The molecule has 0 radical (unpaired) electrons. The number of nitrogens with one attached hydrogen (secondary N) is 1. The second-order valence-electron chi connectivity index (χ2n) is 2.91. The number of aromatic nitrogens is 1. The molecule has 0 aromatic carbocycles. The number of hydrogen-bond acceptors (Lipinski definition) is 6. The van der Waals surface area contributed by atoms with Gasteiger partial charge in [0.05, 0.1) is 0 Å². The minimum atomic E-state index is -0.534. The van der Waals surface area contributed by atoms with Crippen molar-refractivity contribution in [3.63, 3.8) is 0 Å². The molecule has 1 rings (SSSR count). The molecule has 0 unspecified atom stereocenters. The molecule has 5 nitrogen and oxygen atoms in total. The van der Waals surface area contributed by atoms with Gasteiger partial charge in [-0.25, -0.2) is 0 Å². The van der Waals surface area contributed by atoms with Gasteiger partial charge in [-0.15, -0.1) is 0 Å². The van der Waals surface area contributed by atoms with Gasteiger partial charge in [0.15, 0.2) is 5.82 Å². The Morgan fingerprint density at radius 1 is 1.67 bits per heavy atom. The van der Waals surface area contributed by atoms with Gasteiger partial charge < -0.3 is 16.8 Å². The highest BCUT2D eigenvalue weighted by atomic mass is 32.2. The van der Waals surface area contributed by atoms with Crippen LogP contribution < -0.4 is 16.8 Å². The van der Waals surface area contributed by atoms with Crippen LogP contribution in [0, 0.1) is 0 Å². The molecular weight excluding hydrogens is 232 g/mol. The van der Waals surface area contributed by atoms with Crippen molar-refractivity contribution in [1.82, 2.24) is 4.37 Å². The van der Waals surface area contributed by atoms with Gasteiger partial charge >= 0.3 is 0 Å². The summed E-state index contributed by atoms with van der Waals surface area (Å²) in [6.07, 6.45) is 3.08. The average molecular weight is 246 g/mol. The lowest BCUT2D eigenvalue weighted by molar-refractivity contribution is 0.100. The number of carbonyl (C=O) groups excluding carboxylic acids is 1. The first-order valence-corrected chi connectivity index (χ1v) is 6.61. The molecule has 0 saturated carbocycles. The van der Waals surface area contributed by atoms with Crippen LogP contribution in [0.3, 0.4) is 0 Å². The molecule has 0 fully saturated rings. The van der Waals surface area contributed by atoms with E-state index in [1.54, 1.807) is 11.8 Å². The molecule has 5 N–H and O–H groups in total. The van der Waals surface area contributed by atoms with E-state index in [9.17, 15) is 4.79 Å². The van der Waals surface area contributed by atoms with E-state index < -0.39 is 5.91 Å². The minimum absolute atomic E-state index is 0.208. The topological polar surface area (TPSA) is 94.0 Å². The summed E-state index contributed by atoms with van der Waals surface area (Å²) in [4.78, 5) is 11.1. The summed E-state index contributed by atoms with van der Waals surface area (Å²) in [7, 11) is 0. The van der Waals surface area contributed by atoms with Crippen molar-refractivity contribution in [3.8, 4) is 0 Å². The lowest BCUT2D eigenvalue weighted by Crippen LogP contribution is -2.15. The Morgan fingerprint density at radius 2 is 2.40 bits per heavy atom. The number of carbonyl (C=O) groups is 1. The Morgan fingerprint density at radius 3 is 3.00 bits per heavy atom. The molecule has 1 amide bonds. The number of anilines is 2. The molecule has 0 atom stereocenters. The van der Waals surface area contributed by atoms with Crippen LogP contribution in [0.4, 0.5) is 10.8 Å². The number of primary amides is 1. The van der Waals surface area contributed by atoms with Gasteiger partial charge in [-0.3, -0.25) is 4.79 Å². The maximum atomic E-state index is 11.1. The third kappa shape index (κ3) is 3.28. The first-order chi connectivity index (χ1) is 7.16. The number of hydrogen-bond donors (Lipinski definition) is 3. The Bertz CT molecular complexity index is 339. The van der Waals surface area contributed by atoms with Gasteiger partial charge in [-0.2, -0.15) is 16.1 Å². The van der Waals surface area contributed by atoms with Gasteiger partial charge in [0, 0.05) is 6.54 Å². The fourth-order valence-electron chi connectivity index (χ4n) is 1.08. The molecular formula is C8H14N4OS2. The molecule has 0 spiro atoms. The Hall–Kier alpha value is -0.950. The minimum Gasteiger partial charge on any atom is -0.382 e. The van der Waals surface area contributed by atoms with Gasteiger partial charge in [0.2, 0.25) is 0 Å². The average Bonchev–Trinajstić information content (AvgIpc) is 2.54. The molecule has 1 aromatic rings. The van der Waals surface area contributed by atoms with Crippen LogP contribution >= 0.6 is 23.3 Å². The van der Waals surface area contributed by atoms with Crippen LogP contribution in [0.1, 0.15) is 16.8 Å². The van der Waals surface area contributed by atoms with Gasteiger partial charge in [0.1, 0.15) is 10.6 Å². The summed E-state index contributed by atoms with van der Waals surface area (Å²) in [5.74, 6) is 0.751. The molecule has 1 aromatic heterocycles. The fourth-order valence-corrected chi connectivity index (χ4v) is 2.26. The van der Waals surface area contributed by atoms with E-state index in [4.69, 9.17) is 11.5 Å². The van der Waals surface area contributed by atoms with Crippen LogP contribution in [0.5, 0.6) is 0 Å². The predicted octanol–water partition coefficient (Wildman–Crippen LogP) is 0.989. The van der Waals surface area contributed by atoms with Crippen LogP contribution in [0.2, 0.25) is 0 Å². The maximum Gasteiger partial charge on any atom is 0.255 e. The van der Waals surface area contributed by atoms with Gasteiger partial charge in [-0.1, -0.05) is 0 Å². The molecule has 0 aliphatic heterocycles. The van der Waals surface area contributed by atoms with Gasteiger partial charge in [0.25, 0.3) is 5.91 Å². The summed E-state index contributed by atoms with van der Waals surface area (Å²) in [6, 6.07) is 0. The van der Waals surface area contributed by atoms with Crippen LogP contribution in [-0.2, 0) is 0 Å². The number of nitrogen functional groups attached to an aromatic ring is 1. The summed E-state index contributed by atoms with van der Waals surface area (Å²) in [6.45, 7) is 0.794. The highest BCUT2D eigenvalue weighted by molar-refractivity contribution is 7.98. The first kappa shape index (κ1) is 12.1.